The maximum atomic E-state index is 12.4. The van der Waals surface area contributed by atoms with Crippen molar-refractivity contribution in [3.8, 4) is 0 Å². The minimum Gasteiger partial charge on any atom is -0.466 e. The molecule has 0 aliphatic carbocycles. The van der Waals surface area contributed by atoms with Crippen molar-refractivity contribution in [2.75, 3.05) is 26.2 Å². The van der Waals surface area contributed by atoms with Gasteiger partial charge in [0.1, 0.15) is 0 Å². The fraction of sp³-hybridized carbons (Fsp3) is 0.619. The zero-order chi connectivity index (χ0) is 18.8. The lowest BCUT2D eigenvalue weighted by Crippen LogP contribution is -2.37. The molecule has 1 aromatic carbocycles. The Hall–Kier alpha value is -1.88. The van der Waals surface area contributed by atoms with Crippen molar-refractivity contribution in [2.24, 2.45) is 17.8 Å². The highest BCUT2D eigenvalue weighted by atomic mass is 16.5. The summed E-state index contributed by atoms with van der Waals surface area (Å²) < 4.78 is 5.19. The summed E-state index contributed by atoms with van der Waals surface area (Å²) in [6.45, 7) is 6.72. The van der Waals surface area contributed by atoms with Crippen LogP contribution in [-0.2, 0) is 20.7 Å². The molecule has 2 atom stereocenters. The third kappa shape index (κ3) is 6.79. The van der Waals surface area contributed by atoms with Crippen molar-refractivity contribution in [3.63, 3.8) is 0 Å². The van der Waals surface area contributed by atoms with Crippen molar-refractivity contribution in [1.29, 1.82) is 0 Å². The minimum atomic E-state index is -0.351. The van der Waals surface area contributed by atoms with Crippen LogP contribution in [0.25, 0.3) is 0 Å². The van der Waals surface area contributed by atoms with Gasteiger partial charge in [-0.25, -0.2) is 0 Å². The molecular weight excluding hydrogens is 328 g/mol. The summed E-state index contributed by atoms with van der Waals surface area (Å²) in [4.78, 5) is 24.6. The number of hydrogen-bond acceptors (Lipinski definition) is 4. The molecule has 1 aromatic rings. The molecule has 1 amide bonds. The molecule has 0 radical (unpaired) electrons. The van der Waals surface area contributed by atoms with Crippen LogP contribution in [0.3, 0.4) is 0 Å². The molecule has 2 unspecified atom stereocenters. The molecule has 5 heteroatoms. The van der Waals surface area contributed by atoms with Crippen LogP contribution in [-0.4, -0.2) is 38.1 Å². The van der Waals surface area contributed by atoms with Gasteiger partial charge < -0.3 is 15.4 Å². The highest BCUT2D eigenvalue weighted by molar-refractivity contribution is 5.78. The van der Waals surface area contributed by atoms with Crippen LogP contribution >= 0.6 is 0 Å². The summed E-state index contributed by atoms with van der Waals surface area (Å²) in [7, 11) is 0. The quantitative estimate of drug-likeness (QED) is 0.664. The Labute approximate surface area is 156 Å². The van der Waals surface area contributed by atoms with Crippen LogP contribution in [0.15, 0.2) is 30.3 Å². The predicted molar refractivity (Wildman–Crippen MR) is 103 cm³/mol. The Morgan fingerprint density at radius 2 is 1.92 bits per heavy atom. The summed E-state index contributed by atoms with van der Waals surface area (Å²) in [6, 6.07) is 9.85. The zero-order valence-corrected chi connectivity index (χ0v) is 16.0. The van der Waals surface area contributed by atoms with Crippen molar-refractivity contribution in [2.45, 2.75) is 39.5 Å². The van der Waals surface area contributed by atoms with Crippen LogP contribution in [0.4, 0.5) is 0 Å². The van der Waals surface area contributed by atoms with Gasteiger partial charge >= 0.3 is 5.97 Å². The first kappa shape index (κ1) is 20.4. The average Bonchev–Trinajstić information content (AvgIpc) is 2.66. The molecule has 0 spiro atoms. The van der Waals surface area contributed by atoms with Gasteiger partial charge in [0, 0.05) is 13.0 Å². The fourth-order valence-corrected chi connectivity index (χ4v) is 3.58. The smallest absolute Gasteiger partial charge is 0.311 e. The van der Waals surface area contributed by atoms with Crippen molar-refractivity contribution in [1.82, 2.24) is 10.6 Å². The van der Waals surface area contributed by atoms with Crippen molar-refractivity contribution >= 4 is 11.9 Å². The monoisotopic (exact) mass is 360 g/mol. The van der Waals surface area contributed by atoms with Gasteiger partial charge in [-0.15, -0.1) is 0 Å². The second kappa shape index (κ2) is 11.0. The first-order chi connectivity index (χ1) is 12.6. The van der Waals surface area contributed by atoms with E-state index in [9.17, 15) is 9.59 Å². The van der Waals surface area contributed by atoms with Crippen LogP contribution in [0, 0.1) is 17.8 Å². The summed E-state index contributed by atoms with van der Waals surface area (Å²) in [5.41, 5.74) is 1.07. The number of hydrogen-bond donors (Lipinski definition) is 2. The van der Waals surface area contributed by atoms with Crippen molar-refractivity contribution in [3.05, 3.63) is 35.9 Å². The molecule has 0 aromatic heterocycles. The van der Waals surface area contributed by atoms with Crippen LogP contribution < -0.4 is 10.6 Å². The molecule has 2 rings (SSSR count). The molecular formula is C21H32N2O3. The van der Waals surface area contributed by atoms with E-state index < -0.39 is 0 Å². The van der Waals surface area contributed by atoms with E-state index in [0.29, 0.717) is 37.8 Å². The Bertz CT molecular complexity index is 556. The Balaban J connectivity index is 1.84. The molecule has 1 fully saturated rings. The number of amides is 1. The first-order valence-corrected chi connectivity index (χ1v) is 9.78. The van der Waals surface area contributed by atoms with Gasteiger partial charge in [0.25, 0.3) is 0 Å². The van der Waals surface area contributed by atoms with Crippen LogP contribution in [0.5, 0.6) is 0 Å². The standard InChI is InChI=1S/C21H32N2O3/c1-3-26-21(25)19(14-17-7-5-4-6-8-17)15-23-20(24)13-16(2)18-9-11-22-12-10-18/h4-8,16,18-19,22H,3,9-15H2,1-2H3,(H,23,24). The predicted octanol–water partition coefficient (Wildman–Crippen LogP) is 2.55. The Morgan fingerprint density at radius 1 is 1.23 bits per heavy atom. The highest BCUT2D eigenvalue weighted by Crippen LogP contribution is 2.24. The molecule has 5 nitrogen and oxygen atoms in total. The number of piperidine rings is 1. The van der Waals surface area contributed by atoms with E-state index in [1.807, 2.05) is 30.3 Å². The third-order valence-electron chi connectivity index (χ3n) is 5.19. The van der Waals surface area contributed by atoms with E-state index in [0.717, 1.165) is 31.5 Å². The number of rotatable bonds is 9. The van der Waals surface area contributed by atoms with Gasteiger partial charge in [-0.2, -0.15) is 0 Å². The Kier molecular flexibility index (Phi) is 8.62. The number of carbonyl (C=O) groups excluding carboxylic acids is 2. The average molecular weight is 360 g/mol. The van der Waals surface area contributed by atoms with E-state index in [2.05, 4.69) is 17.6 Å². The molecule has 0 bridgehead atoms. The SMILES string of the molecule is CCOC(=O)C(CNC(=O)CC(C)C1CCNCC1)Cc1ccccc1. The van der Waals surface area contributed by atoms with Gasteiger partial charge in [0.15, 0.2) is 0 Å². The lowest BCUT2D eigenvalue weighted by atomic mass is 9.84. The Morgan fingerprint density at radius 3 is 2.58 bits per heavy atom. The number of ether oxygens (including phenoxy) is 1. The molecule has 0 saturated carbocycles. The zero-order valence-electron chi connectivity index (χ0n) is 16.0. The molecule has 2 N–H and O–H groups in total. The van der Waals surface area contributed by atoms with Gasteiger partial charge in [0.2, 0.25) is 5.91 Å². The lowest BCUT2D eigenvalue weighted by molar-refractivity contribution is -0.147. The second-order valence-electron chi connectivity index (χ2n) is 7.21. The van der Waals surface area contributed by atoms with Gasteiger partial charge in [-0.05, 0) is 56.7 Å². The highest BCUT2D eigenvalue weighted by Gasteiger charge is 2.24. The van der Waals surface area contributed by atoms with Crippen molar-refractivity contribution < 1.29 is 14.3 Å². The molecule has 1 saturated heterocycles. The minimum absolute atomic E-state index is 0.0263. The van der Waals surface area contributed by atoms with Gasteiger partial charge in [-0.3, -0.25) is 9.59 Å². The lowest BCUT2D eigenvalue weighted by Gasteiger charge is -2.28. The topological polar surface area (TPSA) is 67.4 Å². The fourth-order valence-electron chi connectivity index (χ4n) is 3.58. The van der Waals surface area contributed by atoms with Gasteiger partial charge in [-0.1, -0.05) is 37.3 Å². The van der Waals surface area contributed by atoms with E-state index in [1.54, 1.807) is 6.92 Å². The van der Waals surface area contributed by atoms with E-state index in [-0.39, 0.29) is 17.8 Å². The summed E-state index contributed by atoms with van der Waals surface area (Å²) >= 11 is 0. The second-order valence-corrected chi connectivity index (χ2v) is 7.21. The first-order valence-electron chi connectivity index (χ1n) is 9.78. The normalized spacial score (nSPS) is 17.3. The van der Waals surface area contributed by atoms with Crippen LogP contribution in [0.1, 0.15) is 38.7 Å². The van der Waals surface area contributed by atoms with E-state index >= 15 is 0 Å². The molecule has 1 aliphatic rings. The summed E-state index contributed by atoms with van der Waals surface area (Å²) in [5.74, 6) is 0.399. The number of benzene rings is 1. The van der Waals surface area contributed by atoms with E-state index in [4.69, 9.17) is 4.74 Å². The maximum Gasteiger partial charge on any atom is 0.311 e. The largest absolute Gasteiger partial charge is 0.466 e. The molecule has 1 aliphatic heterocycles. The van der Waals surface area contributed by atoms with Crippen LogP contribution in [0.2, 0.25) is 0 Å². The van der Waals surface area contributed by atoms with Gasteiger partial charge in [0.05, 0.1) is 12.5 Å². The number of carbonyl (C=O) groups is 2. The van der Waals surface area contributed by atoms with E-state index in [1.165, 1.54) is 0 Å². The summed E-state index contributed by atoms with van der Waals surface area (Å²) in [5, 5.41) is 6.32. The third-order valence-corrected chi connectivity index (χ3v) is 5.19. The summed E-state index contributed by atoms with van der Waals surface area (Å²) in [6.07, 6.45) is 3.36. The maximum absolute atomic E-state index is 12.4. The molecule has 26 heavy (non-hydrogen) atoms. The number of nitrogens with one attached hydrogen (secondary N) is 2. The number of esters is 1. The molecule has 144 valence electrons. The molecule has 1 heterocycles.